The Bertz CT molecular complexity index is 770. The summed E-state index contributed by atoms with van der Waals surface area (Å²) in [5.74, 6) is 0.468. The Labute approximate surface area is 177 Å². The van der Waals surface area contributed by atoms with Crippen LogP contribution in [0.5, 0.6) is 5.75 Å². The Morgan fingerprint density at radius 3 is 2.33 bits per heavy atom. The third kappa shape index (κ3) is 5.03. The molecule has 2 saturated heterocycles. The van der Waals surface area contributed by atoms with Gasteiger partial charge in [0.25, 0.3) is 0 Å². The average Bonchev–Trinajstić information content (AvgIpc) is 3.60. The summed E-state index contributed by atoms with van der Waals surface area (Å²) in [6.45, 7) is 4.97. The molecule has 3 aliphatic rings. The second kappa shape index (κ2) is 9.20. The van der Waals surface area contributed by atoms with E-state index in [1.807, 2.05) is 15.9 Å². The maximum Gasteiger partial charge on any atom is 0.317 e. The van der Waals surface area contributed by atoms with E-state index in [1.165, 1.54) is 13.2 Å². The number of hydrogen-bond acceptors (Lipinski definition) is 4. The molecular weight excluding hydrogens is 387 g/mol. The molecule has 0 spiro atoms. The van der Waals surface area contributed by atoms with Gasteiger partial charge in [-0.3, -0.25) is 9.69 Å². The van der Waals surface area contributed by atoms with Crippen molar-refractivity contribution >= 4 is 11.9 Å². The molecule has 2 aliphatic heterocycles. The zero-order valence-electron chi connectivity index (χ0n) is 17.6. The first-order chi connectivity index (χ1) is 14.5. The highest BCUT2D eigenvalue weighted by molar-refractivity contribution is 5.81. The molecule has 7 nitrogen and oxygen atoms in total. The number of halogens is 1. The van der Waals surface area contributed by atoms with Crippen LogP contribution in [0.3, 0.4) is 0 Å². The molecule has 1 aromatic rings. The highest BCUT2D eigenvalue weighted by atomic mass is 19.1. The Hall–Kier alpha value is -2.35. The number of rotatable bonds is 5. The zero-order valence-corrected chi connectivity index (χ0v) is 17.6. The van der Waals surface area contributed by atoms with Gasteiger partial charge in [-0.05, 0) is 43.4 Å². The molecular formula is C22H31FN4O3. The minimum absolute atomic E-state index is 0.0166. The predicted molar refractivity (Wildman–Crippen MR) is 111 cm³/mol. The lowest BCUT2D eigenvalue weighted by molar-refractivity contribution is -0.133. The van der Waals surface area contributed by atoms with Crippen molar-refractivity contribution < 1.29 is 18.7 Å². The highest BCUT2D eigenvalue weighted by Gasteiger charge is 2.35. The quantitative estimate of drug-likeness (QED) is 0.795. The van der Waals surface area contributed by atoms with E-state index >= 15 is 0 Å². The van der Waals surface area contributed by atoms with Crippen molar-refractivity contribution in [2.75, 3.05) is 46.4 Å². The van der Waals surface area contributed by atoms with Crippen LogP contribution in [-0.4, -0.2) is 79.1 Å². The number of piperidine rings is 1. The molecule has 30 heavy (non-hydrogen) atoms. The Morgan fingerprint density at radius 1 is 1.03 bits per heavy atom. The summed E-state index contributed by atoms with van der Waals surface area (Å²) in [7, 11) is 1.46. The minimum atomic E-state index is -0.349. The van der Waals surface area contributed by atoms with Crippen LogP contribution in [0.4, 0.5) is 9.18 Å². The molecule has 4 rings (SSSR count). The lowest BCUT2D eigenvalue weighted by Crippen LogP contribution is -2.55. The molecule has 3 amide bonds. The summed E-state index contributed by atoms with van der Waals surface area (Å²) in [6.07, 6.45) is 3.73. The van der Waals surface area contributed by atoms with Crippen molar-refractivity contribution in [2.24, 2.45) is 5.92 Å². The SMILES string of the molecule is COc1ccc(CN2CCN(C(=O)NC3CCN(C(=O)C4CC4)CC3)CC2)cc1F. The lowest BCUT2D eigenvalue weighted by Gasteiger charge is -2.37. The van der Waals surface area contributed by atoms with Crippen molar-refractivity contribution in [1.82, 2.24) is 20.0 Å². The molecule has 8 heteroatoms. The van der Waals surface area contributed by atoms with E-state index < -0.39 is 0 Å². The van der Waals surface area contributed by atoms with E-state index in [4.69, 9.17) is 4.74 Å². The molecule has 1 saturated carbocycles. The number of urea groups is 1. The first-order valence-electron chi connectivity index (χ1n) is 10.9. The third-order valence-electron chi connectivity index (χ3n) is 6.34. The van der Waals surface area contributed by atoms with Crippen LogP contribution < -0.4 is 10.1 Å². The van der Waals surface area contributed by atoms with Gasteiger partial charge in [-0.1, -0.05) is 6.07 Å². The number of benzene rings is 1. The molecule has 2 heterocycles. The van der Waals surface area contributed by atoms with E-state index in [0.29, 0.717) is 25.5 Å². The van der Waals surface area contributed by atoms with Crippen LogP contribution in [0.1, 0.15) is 31.2 Å². The van der Waals surface area contributed by atoms with Crippen LogP contribution in [-0.2, 0) is 11.3 Å². The topological polar surface area (TPSA) is 65.1 Å². The van der Waals surface area contributed by atoms with Gasteiger partial charge in [-0.25, -0.2) is 9.18 Å². The molecule has 164 valence electrons. The average molecular weight is 419 g/mol. The summed E-state index contributed by atoms with van der Waals surface area (Å²) < 4.78 is 18.8. The van der Waals surface area contributed by atoms with Gasteiger partial charge in [0.1, 0.15) is 0 Å². The normalized spacial score (nSPS) is 20.9. The van der Waals surface area contributed by atoms with Gasteiger partial charge in [0.05, 0.1) is 7.11 Å². The van der Waals surface area contributed by atoms with E-state index in [0.717, 1.165) is 57.4 Å². The number of amides is 3. The van der Waals surface area contributed by atoms with Crippen LogP contribution in [0.15, 0.2) is 18.2 Å². The van der Waals surface area contributed by atoms with Crippen molar-refractivity contribution in [1.29, 1.82) is 0 Å². The molecule has 1 N–H and O–H groups in total. The number of piperazine rings is 1. The van der Waals surface area contributed by atoms with Crippen molar-refractivity contribution in [2.45, 2.75) is 38.3 Å². The van der Waals surface area contributed by atoms with Crippen molar-refractivity contribution in [3.63, 3.8) is 0 Å². The van der Waals surface area contributed by atoms with Crippen LogP contribution in [0, 0.1) is 11.7 Å². The summed E-state index contributed by atoms with van der Waals surface area (Å²) in [4.78, 5) is 30.8. The number of hydrogen-bond donors (Lipinski definition) is 1. The number of carbonyl (C=O) groups is 2. The van der Waals surface area contributed by atoms with Gasteiger partial charge in [0, 0.05) is 57.8 Å². The van der Waals surface area contributed by atoms with Crippen LogP contribution >= 0.6 is 0 Å². The fourth-order valence-electron chi connectivity index (χ4n) is 4.27. The summed E-state index contributed by atoms with van der Waals surface area (Å²) >= 11 is 0. The van der Waals surface area contributed by atoms with Crippen LogP contribution in [0.25, 0.3) is 0 Å². The summed E-state index contributed by atoms with van der Waals surface area (Å²) in [5, 5.41) is 3.14. The predicted octanol–water partition coefficient (Wildman–Crippen LogP) is 2.06. The summed E-state index contributed by atoms with van der Waals surface area (Å²) in [5.41, 5.74) is 0.902. The maximum atomic E-state index is 13.9. The van der Waals surface area contributed by atoms with Crippen molar-refractivity contribution in [3.8, 4) is 5.75 Å². The van der Waals surface area contributed by atoms with Gasteiger partial charge >= 0.3 is 6.03 Å². The monoisotopic (exact) mass is 418 g/mol. The molecule has 1 aliphatic carbocycles. The first kappa shape index (κ1) is 20.9. The van der Waals surface area contributed by atoms with Gasteiger partial charge < -0.3 is 19.9 Å². The summed E-state index contributed by atoms with van der Waals surface area (Å²) in [6, 6.07) is 5.16. The molecule has 0 atom stereocenters. The van der Waals surface area contributed by atoms with Crippen LogP contribution in [0.2, 0.25) is 0 Å². The lowest BCUT2D eigenvalue weighted by atomic mass is 10.0. The Balaban J connectivity index is 1.18. The smallest absolute Gasteiger partial charge is 0.317 e. The second-order valence-corrected chi connectivity index (χ2v) is 8.56. The maximum absolute atomic E-state index is 13.9. The van der Waals surface area contributed by atoms with E-state index in [2.05, 4.69) is 10.2 Å². The Kier molecular flexibility index (Phi) is 6.41. The van der Waals surface area contributed by atoms with E-state index in [9.17, 15) is 14.0 Å². The molecule has 3 fully saturated rings. The van der Waals surface area contributed by atoms with Gasteiger partial charge in [0.15, 0.2) is 11.6 Å². The number of likely N-dealkylation sites (tertiary alicyclic amines) is 1. The molecule has 0 bridgehead atoms. The third-order valence-corrected chi connectivity index (χ3v) is 6.34. The highest BCUT2D eigenvalue weighted by Crippen LogP contribution is 2.31. The molecule has 0 aromatic heterocycles. The number of methoxy groups -OCH3 is 1. The molecule has 0 unspecified atom stereocenters. The minimum Gasteiger partial charge on any atom is -0.494 e. The number of nitrogens with one attached hydrogen (secondary N) is 1. The van der Waals surface area contributed by atoms with Gasteiger partial charge in [-0.2, -0.15) is 0 Å². The molecule has 0 radical (unpaired) electrons. The first-order valence-corrected chi connectivity index (χ1v) is 10.9. The van der Waals surface area contributed by atoms with E-state index in [1.54, 1.807) is 6.07 Å². The van der Waals surface area contributed by atoms with Gasteiger partial charge in [-0.15, -0.1) is 0 Å². The molecule has 1 aromatic carbocycles. The van der Waals surface area contributed by atoms with Gasteiger partial charge in [0.2, 0.25) is 5.91 Å². The fourth-order valence-corrected chi connectivity index (χ4v) is 4.27. The fraction of sp³-hybridized carbons (Fsp3) is 0.636. The number of nitrogens with zero attached hydrogens (tertiary/aromatic N) is 3. The zero-order chi connectivity index (χ0) is 21.1. The number of ether oxygens (including phenoxy) is 1. The number of carbonyl (C=O) groups excluding carboxylic acids is 2. The van der Waals surface area contributed by atoms with E-state index in [-0.39, 0.29) is 29.6 Å². The van der Waals surface area contributed by atoms with Crippen molar-refractivity contribution in [3.05, 3.63) is 29.6 Å². The Morgan fingerprint density at radius 2 is 1.73 bits per heavy atom. The largest absolute Gasteiger partial charge is 0.494 e. The second-order valence-electron chi connectivity index (χ2n) is 8.56. The standard InChI is InChI=1S/C22H31FN4O3/c1-30-20-5-2-16(14-19(20)23)15-25-10-12-27(13-11-25)22(29)24-18-6-8-26(9-7-18)21(28)17-3-4-17/h2,5,14,17-18H,3-4,6-13,15H2,1H3,(H,24,29).